The third-order valence-electron chi connectivity index (χ3n) is 6.08. The fourth-order valence-corrected chi connectivity index (χ4v) is 13.0. The van der Waals surface area contributed by atoms with Crippen LogP contribution in [0.1, 0.15) is 136 Å². The van der Waals surface area contributed by atoms with Crippen molar-refractivity contribution in [3.8, 4) is 0 Å². The maximum absolute atomic E-state index is 2.33. The average Bonchev–Trinajstić information content (AvgIpc) is 2.64. The van der Waals surface area contributed by atoms with Crippen molar-refractivity contribution in [3.05, 3.63) is 0 Å². The summed E-state index contributed by atoms with van der Waals surface area (Å²) >= 11 is 1.64. The maximum atomic E-state index is 2.33. The third kappa shape index (κ3) is 18.6. The normalized spacial score (nSPS) is 12.6. The topological polar surface area (TPSA) is 0 Å². The summed E-state index contributed by atoms with van der Waals surface area (Å²) in [6, 6.07) is 0. The molecule has 2 radical (unpaired) electrons. The minimum atomic E-state index is -0.825. The van der Waals surface area contributed by atoms with E-state index in [1.54, 1.807) is 59.7 Å². The number of hydrogen-bond donors (Lipinski definition) is 0. The zero-order chi connectivity index (χ0) is 19.3. The summed E-state index contributed by atoms with van der Waals surface area (Å²) in [6.45, 7) is 6.99. The first kappa shape index (κ1) is 27.2. The van der Waals surface area contributed by atoms with Crippen LogP contribution < -0.4 is 0 Å². The standard InChI is InChI=1S/C24H51P.Sn.H/c1-4-7-10-13-16-19-22-25(23-20-17-14-11-8-5-2)24-21-18-15-12-9-6-3;;/h4-24H2,1-3H3;;/q;-1;/p+1. The van der Waals surface area contributed by atoms with Gasteiger partial charge in [0.2, 0.25) is 0 Å². The molecule has 0 aliphatic heterocycles. The first-order valence-electron chi connectivity index (χ1n) is 12.5. The Kier molecular flexibility index (Phi) is 21.9. The Bertz CT molecular complexity index is 226. The first-order chi connectivity index (χ1) is 12.7. The van der Waals surface area contributed by atoms with E-state index in [1.807, 2.05) is 0 Å². The summed E-state index contributed by atoms with van der Waals surface area (Å²) < 4.78 is 0. The molecule has 0 aliphatic rings. The summed E-state index contributed by atoms with van der Waals surface area (Å²) in [5.74, 6) is 0. The van der Waals surface area contributed by atoms with Gasteiger partial charge in [-0.1, -0.05) is 0 Å². The van der Waals surface area contributed by atoms with Gasteiger partial charge in [0.1, 0.15) is 0 Å². The van der Waals surface area contributed by atoms with Crippen LogP contribution in [0.2, 0.25) is 0 Å². The van der Waals surface area contributed by atoms with Crippen LogP contribution in [0.25, 0.3) is 0 Å². The summed E-state index contributed by atoms with van der Waals surface area (Å²) in [7, 11) is 0. The van der Waals surface area contributed by atoms with E-state index in [4.69, 9.17) is 0 Å². The quantitative estimate of drug-likeness (QED) is 0.0857. The molecule has 0 heterocycles. The van der Waals surface area contributed by atoms with Crippen molar-refractivity contribution < 1.29 is 0 Å². The van der Waals surface area contributed by atoms with E-state index in [0.717, 1.165) is 0 Å². The Hall–Kier alpha value is 1.23. The molecular weight excluding hydrogens is 438 g/mol. The van der Waals surface area contributed by atoms with Gasteiger partial charge in [-0.2, -0.15) is 0 Å². The summed E-state index contributed by atoms with van der Waals surface area (Å²) in [6.07, 6.45) is 31.9. The van der Waals surface area contributed by atoms with Crippen LogP contribution in [0.5, 0.6) is 0 Å². The van der Waals surface area contributed by atoms with Crippen molar-refractivity contribution in [3.63, 3.8) is 0 Å². The second-order valence-electron chi connectivity index (χ2n) is 8.92. The fraction of sp³-hybridized carbons (Fsp3) is 1.00. The molecule has 0 saturated carbocycles. The summed E-state index contributed by atoms with van der Waals surface area (Å²) in [4.78, 5) is -0.825. The van der Waals surface area contributed by atoms with Crippen molar-refractivity contribution >= 4 is 26.9 Å². The van der Waals surface area contributed by atoms with Crippen molar-refractivity contribution in [1.82, 2.24) is 0 Å². The molecule has 0 atom stereocenters. The van der Waals surface area contributed by atoms with E-state index >= 15 is 0 Å². The second-order valence-corrected chi connectivity index (χ2v) is 23.6. The van der Waals surface area contributed by atoms with Crippen molar-refractivity contribution in [2.24, 2.45) is 0 Å². The molecule has 0 nitrogen and oxygen atoms in total. The molecule has 0 saturated heterocycles. The Morgan fingerprint density at radius 2 is 0.615 bits per heavy atom. The van der Waals surface area contributed by atoms with Crippen LogP contribution in [-0.2, 0) is 0 Å². The van der Waals surface area contributed by atoms with E-state index in [2.05, 4.69) is 20.8 Å². The van der Waals surface area contributed by atoms with Gasteiger partial charge in [-0.05, 0) is 0 Å². The van der Waals surface area contributed by atoms with Gasteiger partial charge < -0.3 is 0 Å². The molecular formula is C24H53PSn. The van der Waals surface area contributed by atoms with Gasteiger partial charge in [-0.15, -0.1) is 0 Å². The van der Waals surface area contributed by atoms with Gasteiger partial charge in [-0.3, -0.25) is 0 Å². The molecule has 0 amide bonds. The summed E-state index contributed by atoms with van der Waals surface area (Å²) in [5, 5.41) is 0. The molecule has 0 aromatic carbocycles. The molecule has 0 aliphatic carbocycles. The van der Waals surface area contributed by atoms with Crippen molar-refractivity contribution in [2.45, 2.75) is 136 Å². The molecule has 26 heavy (non-hydrogen) atoms. The monoisotopic (exact) mass is 492 g/mol. The Balaban J connectivity index is 4.02. The second kappa shape index (κ2) is 21.0. The number of rotatable bonds is 21. The van der Waals surface area contributed by atoms with E-state index in [9.17, 15) is 0 Å². The zero-order valence-corrected chi connectivity index (χ0v) is 23.2. The Morgan fingerprint density at radius 3 is 0.885 bits per heavy atom. The predicted octanol–water partition coefficient (Wildman–Crippen LogP) is 8.63. The van der Waals surface area contributed by atoms with E-state index < -0.39 is 4.92 Å². The van der Waals surface area contributed by atoms with Gasteiger partial charge in [0.15, 0.2) is 0 Å². The van der Waals surface area contributed by atoms with Gasteiger partial charge in [0.05, 0.1) is 0 Å². The van der Waals surface area contributed by atoms with Crippen LogP contribution >= 0.6 is 4.92 Å². The predicted molar refractivity (Wildman–Crippen MR) is 130 cm³/mol. The molecule has 0 rings (SSSR count). The van der Waals surface area contributed by atoms with Crippen LogP contribution in [0.3, 0.4) is 0 Å². The van der Waals surface area contributed by atoms with E-state index in [-0.39, 0.29) is 0 Å². The third-order valence-corrected chi connectivity index (χ3v) is 17.5. The van der Waals surface area contributed by atoms with Crippen LogP contribution in [0, 0.1) is 0 Å². The van der Waals surface area contributed by atoms with Gasteiger partial charge in [-0.25, -0.2) is 0 Å². The number of unbranched alkanes of at least 4 members (excludes halogenated alkanes) is 15. The first-order valence-corrected chi connectivity index (χ1v) is 20.1. The molecule has 0 aromatic heterocycles. The van der Waals surface area contributed by atoms with Crippen LogP contribution in [-0.4, -0.2) is 40.5 Å². The van der Waals surface area contributed by atoms with Gasteiger partial charge in [0.25, 0.3) is 0 Å². The molecule has 0 spiro atoms. The Labute approximate surface area is 181 Å². The van der Waals surface area contributed by atoms with E-state index in [0.29, 0.717) is 0 Å². The number of hydrogen-bond acceptors (Lipinski definition) is 0. The molecule has 0 N–H and O–H groups in total. The van der Waals surface area contributed by atoms with Gasteiger partial charge >= 0.3 is 182 Å². The zero-order valence-electron chi connectivity index (χ0n) is 18.9. The van der Waals surface area contributed by atoms with Crippen LogP contribution in [0.4, 0.5) is 0 Å². The fourth-order valence-electron chi connectivity index (χ4n) is 4.15. The van der Waals surface area contributed by atoms with Gasteiger partial charge in [0, 0.05) is 0 Å². The molecule has 0 fully saturated rings. The molecule has 0 aromatic rings. The SMILES string of the molecule is CCCCCCCC[PH]([SnH])(CCCCCCCC)CCCCCCCC. The summed E-state index contributed by atoms with van der Waals surface area (Å²) in [5.41, 5.74) is 0. The van der Waals surface area contributed by atoms with Crippen molar-refractivity contribution in [2.75, 3.05) is 18.5 Å². The molecule has 0 unspecified atom stereocenters. The average molecular weight is 491 g/mol. The minimum absolute atomic E-state index is 0.825. The van der Waals surface area contributed by atoms with Crippen molar-refractivity contribution in [1.29, 1.82) is 0 Å². The molecule has 0 bridgehead atoms. The van der Waals surface area contributed by atoms with Crippen LogP contribution in [0.15, 0.2) is 0 Å². The van der Waals surface area contributed by atoms with E-state index in [1.165, 1.54) is 96.3 Å². The molecule has 158 valence electrons. The molecule has 2 heteroatoms. The Morgan fingerprint density at radius 1 is 0.385 bits per heavy atom.